The molecule has 0 bridgehead atoms. The largest absolute Gasteiger partial charge is 0.545 e. The number of likely N-dealkylation sites (N-methyl/N-ethyl adjacent to an activating group) is 1. The lowest BCUT2D eigenvalue weighted by Gasteiger charge is -2.26. The van der Waals surface area contributed by atoms with Crippen LogP contribution in [0.4, 0.5) is 0 Å². The third-order valence-corrected chi connectivity index (χ3v) is 16.0. The molecule has 0 aromatic carbocycles. The van der Waals surface area contributed by atoms with Gasteiger partial charge in [0.1, 0.15) is 13.2 Å². The summed E-state index contributed by atoms with van der Waals surface area (Å²) in [5, 5.41) is 11.8. The first-order valence-electron chi connectivity index (χ1n) is 37.2. The number of ether oxygens (including phenoxy) is 4. The van der Waals surface area contributed by atoms with Gasteiger partial charge in [-0.3, -0.25) is 9.59 Å². The fourth-order valence-electron chi connectivity index (χ4n) is 10.3. The van der Waals surface area contributed by atoms with E-state index in [0.29, 0.717) is 17.4 Å². The fraction of sp³-hybridized carbons (Fsp3) is 0.716. The zero-order valence-electron chi connectivity index (χ0n) is 59.0. The molecule has 9 nitrogen and oxygen atoms in total. The summed E-state index contributed by atoms with van der Waals surface area (Å²) < 4.78 is 22.8. The number of carboxylic acids is 1. The molecule has 2 unspecified atom stereocenters. The van der Waals surface area contributed by atoms with Crippen LogP contribution in [0.15, 0.2) is 122 Å². The Bertz CT molecular complexity index is 1900. The zero-order chi connectivity index (χ0) is 65.4. The van der Waals surface area contributed by atoms with E-state index >= 15 is 0 Å². The molecule has 0 heterocycles. The van der Waals surface area contributed by atoms with Crippen molar-refractivity contribution >= 4 is 17.9 Å². The number of carbonyl (C=O) groups excluding carboxylic acids is 3. The van der Waals surface area contributed by atoms with Gasteiger partial charge in [0.15, 0.2) is 12.4 Å². The smallest absolute Gasteiger partial charge is 0.306 e. The van der Waals surface area contributed by atoms with Gasteiger partial charge in [0.05, 0.1) is 40.3 Å². The van der Waals surface area contributed by atoms with E-state index < -0.39 is 24.3 Å². The molecule has 0 saturated carbocycles. The van der Waals surface area contributed by atoms with Crippen molar-refractivity contribution in [2.45, 2.75) is 328 Å². The van der Waals surface area contributed by atoms with Gasteiger partial charge < -0.3 is 33.3 Å². The number of carbonyl (C=O) groups is 3. The molecule has 0 aliphatic rings. The van der Waals surface area contributed by atoms with Crippen LogP contribution in [0.3, 0.4) is 0 Å². The summed E-state index contributed by atoms with van der Waals surface area (Å²) in [5.41, 5.74) is 0. The Morgan fingerprint density at radius 3 is 0.944 bits per heavy atom. The van der Waals surface area contributed by atoms with E-state index in [1.54, 1.807) is 0 Å². The molecule has 2 atom stereocenters. The molecule has 0 aromatic rings. The Morgan fingerprint density at radius 2 is 0.633 bits per heavy atom. The van der Waals surface area contributed by atoms with Crippen molar-refractivity contribution in [3.05, 3.63) is 122 Å². The van der Waals surface area contributed by atoms with Gasteiger partial charge in [-0.05, 0) is 89.9 Å². The maximum absolute atomic E-state index is 12.9. The van der Waals surface area contributed by atoms with Gasteiger partial charge in [-0.15, -0.1) is 0 Å². The number of rotatable bonds is 68. The van der Waals surface area contributed by atoms with Crippen LogP contribution in [0.25, 0.3) is 0 Å². The molecule has 0 amide bonds. The molecule has 0 fully saturated rings. The van der Waals surface area contributed by atoms with Crippen molar-refractivity contribution in [2.75, 3.05) is 47.5 Å². The molecule has 0 aromatic heterocycles. The van der Waals surface area contributed by atoms with Crippen LogP contribution in [-0.4, -0.2) is 82.3 Å². The Hall–Kier alpha value is -4.31. The van der Waals surface area contributed by atoms with Crippen molar-refractivity contribution in [3.8, 4) is 0 Å². The molecule has 0 saturated heterocycles. The predicted octanol–water partition coefficient (Wildman–Crippen LogP) is 22.2. The average molecular weight is 1260 g/mol. The SMILES string of the molecule is CC/C=C\C/C=C\C/C=C\C/C=C\C/C=C\C/C=C\C/C=C\C/C=C\C/C=C\C/C=C\CCCCC(=O)OC(COC(=O)CCCCCCCCCCCCCCCCCCCCCCCCCCCCCCCCCC)COC(OCC[N+](C)(C)C)C(=O)[O-]. The predicted molar refractivity (Wildman–Crippen MR) is 384 cm³/mol. The highest BCUT2D eigenvalue weighted by molar-refractivity contribution is 5.70. The molecule has 0 rings (SSSR count). The third kappa shape index (κ3) is 71.1. The van der Waals surface area contributed by atoms with E-state index in [0.717, 1.165) is 96.3 Å². The molecule has 0 aliphatic carbocycles. The van der Waals surface area contributed by atoms with Gasteiger partial charge in [-0.2, -0.15) is 0 Å². The van der Waals surface area contributed by atoms with E-state index in [4.69, 9.17) is 18.9 Å². The molecular formula is C81H139NO8. The lowest BCUT2D eigenvalue weighted by atomic mass is 10.0. The van der Waals surface area contributed by atoms with E-state index in [2.05, 4.69) is 135 Å². The maximum Gasteiger partial charge on any atom is 0.306 e. The monoisotopic (exact) mass is 1250 g/mol. The first-order chi connectivity index (χ1) is 44.1. The van der Waals surface area contributed by atoms with Crippen LogP contribution in [0.2, 0.25) is 0 Å². The minimum absolute atomic E-state index is 0.134. The fourth-order valence-corrected chi connectivity index (χ4v) is 10.3. The molecule has 9 heteroatoms. The van der Waals surface area contributed by atoms with Crippen LogP contribution >= 0.6 is 0 Å². The minimum atomic E-state index is -1.64. The minimum Gasteiger partial charge on any atom is -0.545 e. The number of carboxylic acid groups (broad SMARTS) is 1. The highest BCUT2D eigenvalue weighted by atomic mass is 16.7. The molecule has 0 N–H and O–H groups in total. The first kappa shape index (κ1) is 85.7. The number of unbranched alkanes of at least 4 members (excludes halogenated alkanes) is 33. The Labute approximate surface area is 555 Å². The number of nitrogens with zero attached hydrogens (tertiary/aromatic N) is 1. The summed E-state index contributed by atoms with van der Waals surface area (Å²) in [5.74, 6) is -2.34. The highest BCUT2D eigenvalue weighted by Gasteiger charge is 2.22. The van der Waals surface area contributed by atoms with Crippen LogP contribution in [0.5, 0.6) is 0 Å². The van der Waals surface area contributed by atoms with Crippen molar-refractivity contribution < 1.29 is 42.9 Å². The van der Waals surface area contributed by atoms with Crippen molar-refractivity contribution in [3.63, 3.8) is 0 Å². The van der Waals surface area contributed by atoms with Gasteiger partial charge >= 0.3 is 11.9 Å². The third-order valence-electron chi connectivity index (χ3n) is 16.0. The summed E-state index contributed by atoms with van der Waals surface area (Å²) >= 11 is 0. The second kappa shape index (κ2) is 70.6. The summed E-state index contributed by atoms with van der Waals surface area (Å²) in [7, 11) is 5.91. The number of esters is 2. The zero-order valence-corrected chi connectivity index (χ0v) is 59.0. The summed E-state index contributed by atoms with van der Waals surface area (Å²) in [4.78, 5) is 37.5. The Kier molecular flexibility index (Phi) is 67.2. The second-order valence-corrected chi connectivity index (χ2v) is 25.9. The van der Waals surface area contributed by atoms with Crippen molar-refractivity contribution in [2.24, 2.45) is 0 Å². The molecule has 0 aliphatic heterocycles. The van der Waals surface area contributed by atoms with E-state index in [9.17, 15) is 19.5 Å². The van der Waals surface area contributed by atoms with Crippen LogP contribution in [-0.2, 0) is 33.3 Å². The van der Waals surface area contributed by atoms with Crippen molar-refractivity contribution in [1.29, 1.82) is 0 Å². The quantitative estimate of drug-likeness (QED) is 0.0195. The molecule has 0 radical (unpaired) electrons. The Balaban J connectivity index is 4.18. The molecule has 516 valence electrons. The van der Waals surface area contributed by atoms with E-state index in [1.807, 2.05) is 21.1 Å². The normalized spacial score (nSPS) is 13.4. The second-order valence-electron chi connectivity index (χ2n) is 25.9. The standard InChI is InChI=1S/C81H139NO8/c1-6-8-10-12-14-16-18-20-22-24-26-28-30-32-34-36-38-40-42-44-46-48-50-52-54-56-58-60-62-64-66-68-70-72-79(84)90-77(76-89-81(80(85)86)87-74-73-82(3,4)5)75-88-78(83)71-69-67-65-63-61-59-57-55-53-51-49-47-45-43-41-39-37-35-33-31-29-27-25-23-21-19-17-15-13-11-9-7-2/h8,10,14,16,20,22,26,28,32,34,38,40,44,46,50,52,56,58,62,64,77,81H,6-7,9,11-13,15,17-19,21,23-25,27,29-31,33,35-37,39,41-43,45,47-49,51,53-55,57,59-61,63,65-76H2,1-5H3/b10-8-,16-14-,22-20-,28-26-,34-32-,40-38-,46-44-,52-50-,58-56-,64-62-. The number of hydrogen-bond donors (Lipinski definition) is 0. The van der Waals surface area contributed by atoms with E-state index in [-0.39, 0.29) is 38.6 Å². The van der Waals surface area contributed by atoms with Gasteiger partial charge in [-0.25, -0.2) is 0 Å². The van der Waals surface area contributed by atoms with Crippen molar-refractivity contribution in [1.82, 2.24) is 0 Å². The number of quaternary nitrogens is 1. The van der Waals surface area contributed by atoms with Gasteiger partial charge in [0.25, 0.3) is 0 Å². The maximum atomic E-state index is 12.9. The highest BCUT2D eigenvalue weighted by Crippen LogP contribution is 2.18. The summed E-state index contributed by atoms with van der Waals surface area (Å²) in [6.07, 6.45) is 97.4. The van der Waals surface area contributed by atoms with Crippen LogP contribution in [0, 0.1) is 0 Å². The van der Waals surface area contributed by atoms with Gasteiger partial charge in [0, 0.05) is 12.8 Å². The van der Waals surface area contributed by atoms with Gasteiger partial charge in [-0.1, -0.05) is 334 Å². The Morgan fingerprint density at radius 1 is 0.344 bits per heavy atom. The van der Waals surface area contributed by atoms with Gasteiger partial charge in [0.2, 0.25) is 0 Å². The van der Waals surface area contributed by atoms with E-state index in [1.165, 1.54) is 186 Å². The lowest BCUT2D eigenvalue weighted by Crippen LogP contribution is -2.44. The summed E-state index contributed by atoms with van der Waals surface area (Å²) in [6.45, 7) is 4.61. The molecular weight excluding hydrogens is 1110 g/mol. The molecule has 90 heavy (non-hydrogen) atoms. The topological polar surface area (TPSA) is 111 Å². The van der Waals surface area contributed by atoms with Crippen LogP contribution < -0.4 is 5.11 Å². The van der Waals surface area contributed by atoms with Crippen LogP contribution in [0.1, 0.15) is 316 Å². The number of hydrogen-bond acceptors (Lipinski definition) is 8. The average Bonchev–Trinajstić information content (AvgIpc) is 3.72. The number of allylic oxidation sites excluding steroid dienone is 20. The molecule has 0 spiro atoms. The lowest BCUT2D eigenvalue weighted by molar-refractivity contribution is -0.870. The number of aliphatic carboxylic acids is 1. The summed E-state index contributed by atoms with van der Waals surface area (Å²) in [6, 6.07) is 0. The first-order valence-corrected chi connectivity index (χ1v) is 37.2.